The fourth-order valence-corrected chi connectivity index (χ4v) is 3.75. The summed E-state index contributed by atoms with van der Waals surface area (Å²) in [4.78, 5) is 14.1. The van der Waals surface area contributed by atoms with Gasteiger partial charge >= 0.3 is 0 Å². The van der Waals surface area contributed by atoms with Crippen molar-refractivity contribution >= 4 is 44.6 Å². The van der Waals surface area contributed by atoms with Gasteiger partial charge in [-0.3, -0.25) is 9.36 Å². The summed E-state index contributed by atoms with van der Waals surface area (Å²) in [5.41, 5.74) is 2.05. The molecule has 0 saturated heterocycles. The number of carbonyl (C=O) groups is 1. The van der Waals surface area contributed by atoms with Crippen molar-refractivity contribution in [2.45, 2.75) is 18.7 Å². The van der Waals surface area contributed by atoms with Crippen LogP contribution in [0.4, 0.5) is 0 Å². The summed E-state index contributed by atoms with van der Waals surface area (Å²) >= 11 is 6.31. The minimum Gasteiger partial charge on any atom is -0.274 e. The summed E-state index contributed by atoms with van der Waals surface area (Å²) in [6, 6.07) is 13.6. The number of hydrogen-bond acceptors (Lipinski definition) is 4. The Morgan fingerprint density at radius 3 is 2.46 bits per heavy atom. The third kappa shape index (κ3) is 3.36. The average Bonchev–Trinajstić information content (AvgIpc) is 2.87. The fraction of sp³-hybridized carbons (Fsp3) is 0.111. The summed E-state index contributed by atoms with van der Waals surface area (Å²) in [6.45, 7) is 3.27. The van der Waals surface area contributed by atoms with Crippen molar-refractivity contribution in [3.63, 3.8) is 0 Å². The van der Waals surface area contributed by atoms with E-state index in [4.69, 9.17) is 11.6 Å². The van der Waals surface area contributed by atoms with Crippen LogP contribution in [0.3, 0.4) is 0 Å². The first-order valence-electron chi connectivity index (χ1n) is 7.72. The van der Waals surface area contributed by atoms with Crippen molar-refractivity contribution in [3.05, 3.63) is 64.8 Å². The van der Waals surface area contributed by atoms with Crippen LogP contribution in [0, 0.1) is 6.92 Å². The fourth-order valence-electron chi connectivity index (χ4n) is 2.59. The lowest BCUT2D eigenvalue weighted by atomic mass is 10.2. The largest absolute Gasteiger partial charge is 0.276 e. The minimum atomic E-state index is -3.79. The van der Waals surface area contributed by atoms with Crippen LogP contribution in [0.2, 0.25) is 5.15 Å². The van der Waals surface area contributed by atoms with Crippen LogP contribution in [-0.4, -0.2) is 25.1 Å². The van der Waals surface area contributed by atoms with Gasteiger partial charge < -0.3 is 0 Å². The number of hydrazone groups is 1. The van der Waals surface area contributed by atoms with Gasteiger partial charge in [-0.1, -0.05) is 47.5 Å². The van der Waals surface area contributed by atoms with Gasteiger partial charge in [-0.2, -0.15) is 13.5 Å². The number of nitrogens with one attached hydrogen (secondary N) is 1. The molecule has 3 rings (SSSR count). The van der Waals surface area contributed by atoms with Crippen LogP contribution in [0.25, 0.3) is 10.9 Å². The van der Waals surface area contributed by atoms with Gasteiger partial charge in [0.05, 0.1) is 16.6 Å². The third-order valence-corrected chi connectivity index (χ3v) is 5.48. The first kappa shape index (κ1) is 18.2. The van der Waals surface area contributed by atoms with Crippen LogP contribution in [0.1, 0.15) is 22.8 Å². The Morgan fingerprint density at radius 2 is 1.81 bits per heavy atom. The molecule has 2 aromatic carbocycles. The smallest absolute Gasteiger partial charge is 0.274 e. The Bertz CT molecular complexity index is 1120. The monoisotopic (exact) mass is 389 g/mol. The number of rotatable bonds is 4. The zero-order valence-corrected chi connectivity index (χ0v) is 15.7. The molecule has 6 nitrogen and oxygen atoms in total. The maximum absolute atomic E-state index is 12.3. The normalized spacial score (nSPS) is 12.0. The molecule has 3 aromatic rings. The Labute approximate surface area is 156 Å². The van der Waals surface area contributed by atoms with E-state index in [2.05, 4.69) is 9.93 Å². The van der Waals surface area contributed by atoms with Crippen molar-refractivity contribution in [2.75, 3.05) is 0 Å². The number of halogens is 1. The molecule has 26 heavy (non-hydrogen) atoms. The van der Waals surface area contributed by atoms with Gasteiger partial charge in [0, 0.05) is 17.9 Å². The highest BCUT2D eigenvalue weighted by Gasteiger charge is 2.17. The Morgan fingerprint density at radius 1 is 1.15 bits per heavy atom. The lowest BCUT2D eigenvalue weighted by molar-refractivity contribution is 0.0942. The quantitative estimate of drug-likeness (QED) is 0.547. The molecule has 0 saturated carbocycles. The van der Waals surface area contributed by atoms with E-state index in [0.29, 0.717) is 16.5 Å². The molecule has 0 fully saturated rings. The highest BCUT2D eigenvalue weighted by molar-refractivity contribution is 7.89. The van der Waals surface area contributed by atoms with Gasteiger partial charge in [-0.15, -0.1) is 0 Å². The van der Waals surface area contributed by atoms with E-state index < -0.39 is 10.0 Å². The second kappa shape index (κ2) is 6.93. The van der Waals surface area contributed by atoms with Crippen LogP contribution in [0.5, 0.6) is 0 Å². The van der Waals surface area contributed by atoms with Gasteiger partial charge in [-0.05, 0) is 25.1 Å². The number of benzene rings is 2. The summed E-state index contributed by atoms with van der Waals surface area (Å²) in [6.07, 6.45) is 1.30. The maximum atomic E-state index is 12.3. The van der Waals surface area contributed by atoms with Gasteiger partial charge in [0.1, 0.15) is 5.15 Å². The molecule has 0 amide bonds. The SMILES string of the molecule is CC(=O)n1c(Cl)c(C=NNS(=O)(=O)c2ccc(C)cc2)c2ccccc21. The van der Waals surface area contributed by atoms with Crippen molar-refractivity contribution in [1.82, 2.24) is 9.40 Å². The van der Waals surface area contributed by atoms with E-state index in [1.54, 1.807) is 36.4 Å². The number of sulfonamides is 1. The number of hydrogen-bond donors (Lipinski definition) is 1. The Kier molecular flexibility index (Phi) is 4.84. The second-order valence-corrected chi connectivity index (χ2v) is 7.76. The molecular weight excluding hydrogens is 374 g/mol. The van der Waals surface area contributed by atoms with Crippen molar-refractivity contribution < 1.29 is 13.2 Å². The standard InChI is InChI=1S/C18H16ClN3O3S/c1-12-7-9-14(10-8-12)26(24,25)21-20-11-16-15-5-3-4-6-17(15)22(13(2)23)18(16)19/h3-11,21H,1-2H3. The number of aromatic nitrogens is 1. The van der Waals surface area contributed by atoms with E-state index in [1.165, 1.54) is 29.8 Å². The minimum absolute atomic E-state index is 0.109. The summed E-state index contributed by atoms with van der Waals surface area (Å²) in [7, 11) is -3.79. The van der Waals surface area contributed by atoms with Crippen molar-refractivity contribution in [3.8, 4) is 0 Å². The number of aryl methyl sites for hydroxylation is 1. The molecule has 0 atom stereocenters. The van der Waals surface area contributed by atoms with Crippen LogP contribution in [0.15, 0.2) is 58.5 Å². The van der Waals surface area contributed by atoms with Gasteiger partial charge in [0.2, 0.25) is 5.91 Å². The van der Waals surface area contributed by atoms with Gasteiger partial charge in [0.15, 0.2) is 0 Å². The molecule has 0 aliphatic rings. The number of nitrogens with zero attached hydrogens (tertiary/aromatic N) is 2. The Balaban J connectivity index is 1.95. The first-order chi connectivity index (χ1) is 12.3. The van der Waals surface area contributed by atoms with E-state index in [1.807, 2.05) is 6.92 Å². The van der Waals surface area contributed by atoms with Crippen LogP contribution >= 0.6 is 11.6 Å². The second-order valence-electron chi connectivity index (χ2n) is 5.74. The van der Waals surface area contributed by atoms with E-state index in [0.717, 1.165) is 5.56 Å². The molecule has 0 unspecified atom stereocenters. The molecule has 0 bridgehead atoms. The molecule has 134 valence electrons. The molecule has 8 heteroatoms. The summed E-state index contributed by atoms with van der Waals surface area (Å²) in [5.74, 6) is -0.244. The summed E-state index contributed by atoms with van der Waals surface area (Å²) < 4.78 is 25.9. The molecule has 0 aliphatic carbocycles. The highest BCUT2D eigenvalue weighted by atomic mass is 35.5. The highest BCUT2D eigenvalue weighted by Crippen LogP contribution is 2.28. The maximum Gasteiger partial charge on any atom is 0.276 e. The van der Waals surface area contributed by atoms with E-state index in [-0.39, 0.29) is 16.0 Å². The topological polar surface area (TPSA) is 80.5 Å². The van der Waals surface area contributed by atoms with Crippen LogP contribution < -0.4 is 4.83 Å². The van der Waals surface area contributed by atoms with Gasteiger partial charge in [0.25, 0.3) is 10.0 Å². The van der Waals surface area contributed by atoms with E-state index in [9.17, 15) is 13.2 Å². The predicted octanol–water partition coefficient (Wildman–Crippen LogP) is 3.58. The third-order valence-electron chi connectivity index (χ3n) is 3.87. The molecule has 0 aliphatic heterocycles. The number of para-hydroxylation sites is 1. The van der Waals surface area contributed by atoms with Crippen molar-refractivity contribution in [1.29, 1.82) is 0 Å². The van der Waals surface area contributed by atoms with Gasteiger partial charge in [-0.25, -0.2) is 4.83 Å². The first-order valence-corrected chi connectivity index (χ1v) is 9.59. The van der Waals surface area contributed by atoms with E-state index >= 15 is 0 Å². The molecule has 1 aromatic heterocycles. The molecule has 1 heterocycles. The van der Waals surface area contributed by atoms with Crippen LogP contribution in [-0.2, 0) is 10.0 Å². The zero-order chi connectivity index (χ0) is 18.9. The molecule has 0 radical (unpaired) electrons. The van der Waals surface area contributed by atoms with Crippen molar-refractivity contribution in [2.24, 2.45) is 5.10 Å². The predicted molar refractivity (Wildman–Crippen MR) is 102 cm³/mol. The zero-order valence-electron chi connectivity index (χ0n) is 14.1. The molecule has 1 N–H and O–H groups in total. The Hall–Kier alpha value is -2.64. The molecular formula is C18H16ClN3O3S. The lowest BCUT2D eigenvalue weighted by Gasteiger charge is -2.03. The summed E-state index contributed by atoms with van der Waals surface area (Å²) in [5, 5.41) is 4.70. The molecule has 0 spiro atoms. The number of carbonyl (C=O) groups excluding carboxylic acids is 1. The average molecular weight is 390 g/mol. The number of fused-ring (bicyclic) bond motifs is 1. The lowest BCUT2D eigenvalue weighted by Crippen LogP contribution is -2.18.